The first-order chi connectivity index (χ1) is 12.2. The lowest BCUT2D eigenvalue weighted by atomic mass is 9.44. The fourth-order valence-electron chi connectivity index (χ4n) is 7.79. The number of rotatable bonds is 2. The van der Waals surface area contributed by atoms with E-state index in [0.29, 0.717) is 12.3 Å². The molecule has 0 heterocycles. The molecule has 0 saturated heterocycles. The number of carbonyl (C=O) groups is 1. The molecule has 9 atom stereocenters. The zero-order valence-electron chi connectivity index (χ0n) is 16.0. The van der Waals surface area contributed by atoms with Gasteiger partial charge in [-0.05, 0) is 68.1 Å². The molecule has 4 saturated carbocycles. The van der Waals surface area contributed by atoms with E-state index in [2.05, 4.69) is 6.92 Å². The zero-order chi connectivity index (χ0) is 18.9. The summed E-state index contributed by atoms with van der Waals surface area (Å²) in [5.41, 5.74) is -2.09. The Morgan fingerprint density at radius 3 is 2.58 bits per heavy atom. The quantitative estimate of drug-likeness (QED) is 0.596. The molecule has 4 aliphatic carbocycles. The Labute approximate surface area is 155 Å². The first-order valence-corrected chi connectivity index (χ1v) is 10.4. The molecule has 0 unspecified atom stereocenters. The van der Waals surface area contributed by atoms with Gasteiger partial charge in [0, 0.05) is 17.8 Å². The van der Waals surface area contributed by atoms with Crippen LogP contribution in [0, 0.1) is 34.5 Å². The second kappa shape index (κ2) is 6.00. The smallest absolute Gasteiger partial charge is 0.137 e. The first-order valence-electron chi connectivity index (χ1n) is 10.4. The molecule has 4 fully saturated rings. The average Bonchev–Trinajstić information content (AvgIpc) is 2.86. The van der Waals surface area contributed by atoms with Crippen molar-refractivity contribution in [3.63, 3.8) is 0 Å². The topological polar surface area (TPSA) is 98.0 Å². The Hall–Kier alpha value is -0.490. The molecule has 4 N–H and O–H groups in total. The monoisotopic (exact) mass is 366 g/mol. The molecule has 0 radical (unpaired) electrons. The van der Waals surface area contributed by atoms with Gasteiger partial charge in [0.05, 0.1) is 18.3 Å². The van der Waals surface area contributed by atoms with Crippen molar-refractivity contribution in [3.05, 3.63) is 0 Å². The summed E-state index contributed by atoms with van der Waals surface area (Å²) < 4.78 is 0. The average molecular weight is 366 g/mol. The zero-order valence-corrected chi connectivity index (χ0v) is 16.0. The maximum atomic E-state index is 13.4. The Morgan fingerprint density at radius 2 is 1.88 bits per heavy atom. The van der Waals surface area contributed by atoms with Crippen molar-refractivity contribution in [1.29, 1.82) is 0 Å². The minimum absolute atomic E-state index is 0.0143. The van der Waals surface area contributed by atoms with Crippen molar-refractivity contribution >= 4 is 5.78 Å². The number of aliphatic hydroxyl groups is 4. The molecule has 148 valence electrons. The van der Waals surface area contributed by atoms with Gasteiger partial charge in [0.15, 0.2) is 0 Å². The summed E-state index contributed by atoms with van der Waals surface area (Å²) in [6, 6.07) is 0. The molecule has 5 heteroatoms. The lowest BCUT2D eigenvalue weighted by Gasteiger charge is -2.60. The highest BCUT2D eigenvalue weighted by Crippen LogP contribution is 2.67. The first kappa shape index (κ1) is 18.9. The summed E-state index contributed by atoms with van der Waals surface area (Å²) in [7, 11) is 0. The minimum Gasteiger partial charge on any atom is -0.394 e. The van der Waals surface area contributed by atoms with Crippen molar-refractivity contribution < 1.29 is 25.2 Å². The van der Waals surface area contributed by atoms with E-state index in [1.807, 2.05) is 6.92 Å². The van der Waals surface area contributed by atoms with E-state index < -0.39 is 23.7 Å². The van der Waals surface area contributed by atoms with Gasteiger partial charge in [0.25, 0.3) is 0 Å². The summed E-state index contributed by atoms with van der Waals surface area (Å²) >= 11 is 0. The SMILES string of the molecule is C[C@]12CC[C@@H](O)C[C@@H]1CC[C@@H]1[C@@H]2C(=O)C[C@]2(C)[C@H]1CC[C@]2(O)[C@H](O)CO. The molecule has 0 aromatic rings. The molecule has 4 aliphatic rings. The number of hydrogen-bond acceptors (Lipinski definition) is 5. The van der Waals surface area contributed by atoms with Gasteiger partial charge < -0.3 is 20.4 Å². The Bertz CT molecular complexity index is 593. The summed E-state index contributed by atoms with van der Waals surface area (Å²) in [4.78, 5) is 13.4. The third-order valence-corrected chi connectivity index (χ3v) is 9.27. The second-order valence-electron chi connectivity index (χ2n) is 10.2. The van der Waals surface area contributed by atoms with E-state index in [0.717, 1.165) is 38.5 Å². The van der Waals surface area contributed by atoms with Crippen molar-refractivity contribution in [2.45, 2.75) is 83.0 Å². The highest BCUT2D eigenvalue weighted by atomic mass is 16.4. The summed E-state index contributed by atoms with van der Waals surface area (Å²) in [6.07, 6.45) is 4.61. The molecule has 0 aromatic carbocycles. The largest absolute Gasteiger partial charge is 0.394 e. The summed E-state index contributed by atoms with van der Waals surface area (Å²) in [5.74, 6) is 1.10. The fourth-order valence-corrected chi connectivity index (χ4v) is 7.79. The third kappa shape index (κ3) is 2.27. The van der Waals surface area contributed by atoms with Crippen LogP contribution < -0.4 is 0 Å². The van der Waals surface area contributed by atoms with E-state index in [-0.39, 0.29) is 41.5 Å². The summed E-state index contributed by atoms with van der Waals surface area (Å²) in [6.45, 7) is 3.74. The van der Waals surface area contributed by atoms with Gasteiger partial charge in [0.2, 0.25) is 0 Å². The molecule has 0 aromatic heterocycles. The summed E-state index contributed by atoms with van der Waals surface area (Å²) in [5, 5.41) is 41.2. The molecule has 0 amide bonds. The van der Waals surface area contributed by atoms with Gasteiger partial charge in [-0.1, -0.05) is 13.8 Å². The molecule has 0 aliphatic heterocycles. The van der Waals surface area contributed by atoms with Crippen molar-refractivity contribution in [1.82, 2.24) is 0 Å². The number of Topliss-reactive ketones (excluding diaryl/α,β-unsaturated/α-hetero) is 1. The molecular formula is C21H34O5. The van der Waals surface area contributed by atoms with Crippen LogP contribution in [0.1, 0.15) is 65.2 Å². The fraction of sp³-hybridized carbons (Fsp3) is 0.952. The van der Waals surface area contributed by atoms with E-state index in [1.54, 1.807) is 0 Å². The number of ketones is 1. The van der Waals surface area contributed by atoms with E-state index >= 15 is 0 Å². The number of fused-ring (bicyclic) bond motifs is 5. The number of aliphatic hydroxyl groups excluding tert-OH is 3. The van der Waals surface area contributed by atoms with Gasteiger partial charge >= 0.3 is 0 Å². The van der Waals surface area contributed by atoms with Crippen LogP contribution in [-0.4, -0.2) is 50.6 Å². The maximum Gasteiger partial charge on any atom is 0.137 e. The third-order valence-electron chi connectivity index (χ3n) is 9.27. The van der Waals surface area contributed by atoms with E-state index in [1.165, 1.54) is 0 Å². The Kier molecular flexibility index (Phi) is 4.35. The lowest BCUT2D eigenvalue weighted by Crippen LogP contribution is -2.63. The predicted molar refractivity (Wildman–Crippen MR) is 96.2 cm³/mol. The molecule has 0 spiro atoms. The van der Waals surface area contributed by atoms with Crippen LogP contribution in [-0.2, 0) is 4.79 Å². The lowest BCUT2D eigenvalue weighted by molar-refractivity contribution is -0.196. The van der Waals surface area contributed by atoms with Crippen LogP contribution in [0.4, 0.5) is 0 Å². The van der Waals surface area contributed by atoms with Crippen LogP contribution in [0.3, 0.4) is 0 Å². The predicted octanol–water partition coefficient (Wildman–Crippen LogP) is 1.65. The van der Waals surface area contributed by atoms with Crippen LogP contribution in [0.15, 0.2) is 0 Å². The van der Waals surface area contributed by atoms with Crippen LogP contribution in [0.5, 0.6) is 0 Å². The molecule has 0 bridgehead atoms. The van der Waals surface area contributed by atoms with Gasteiger partial charge in [-0.2, -0.15) is 0 Å². The van der Waals surface area contributed by atoms with Gasteiger partial charge in [-0.25, -0.2) is 0 Å². The van der Waals surface area contributed by atoms with Crippen LogP contribution >= 0.6 is 0 Å². The Morgan fingerprint density at radius 1 is 1.15 bits per heavy atom. The van der Waals surface area contributed by atoms with E-state index in [9.17, 15) is 25.2 Å². The molecule has 5 nitrogen and oxygen atoms in total. The second-order valence-corrected chi connectivity index (χ2v) is 10.2. The van der Waals surface area contributed by atoms with Gasteiger partial charge in [0.1, 0.15) is 11.9 Å². The van der Waals surface area contributed by atoms with Crippen molar-refractivity contribution in [2.24, 2.45) is 34.5 Å². The van der Waals surface area contributed by atoms with Crippen molar-refractivity contribution in [3.8, 4) is 0 Å². The van der Waals surface area contributed by atoms with Crippen LogP contribution in [0.25, 0.3) is 0 Å². The van der Waals surface area contributed by atoms with Gasteiger partial charge in [-0.15, -0.1) is 0 Å². The highest BCUT2D eigenvalue weighted by molar-refractivity contribution is 5.84. The number of hydrogen-bond donors (Lipinski definition) is 4. The van der Waals surface area contributed by atoms with E-state index in [4.69, 9.17) is 0 Å². The minimum atomic E-state index is -1.38. The standard InChI is InChI=1S/C21H34O5/c1-19-7-5-13(23)9-12(19)3-4-14-15-6-8-21(26,17(25)11-22)20(15,2)10-16(24)18(14)19/h12-15,17-18,22-23,25-26H,3-11H2,1-2H3/t12-,13+,14-,15-,17+,18+,19-,20+,21-/m0/s1. The molecule has 4 rings (SSSR count). The normalized spacial score (nSPS) is 55.0. The highest BCUT2D eigenvalue weighted by Gasteiger charge is 2.68. The molecule has 26 heavy (non-hydrogen) atoms. The van der Waals surface area contributed by atoms with Crippen LogP contribution in [0.2, 0.25) is 0 Å². The number of carbonyl (C=O) groups excluding carboxylic acids is 1. The maximum absolute atomic E-state index is 13.4. The van der Waals surface area contributed by atoms with Crippen molar-refractivity contribution in [2.75, 3.05) is 6.61 Å². The van der Waals surface area contributed by atoms with Gasteiger partial charge in [-0.3, -0.25) is 4.79 Å². The molecular weight excluding hydrogens is 332 g/mol. The Balaban J connectivity index is 1.69.